The summed E-state index contributed by atoms with van der Waals surface area (Å²) in [6, 6.07) is 10.2. The van der Waals surface area contributed by atoms with Crippen molar-refractivity contribution >= 4 is 27.5 Å². The first kappa shape index (κ1) is 18.1. The van der Waals surface area contributed by atoms with Crippen LogP contribution >= 0.6 is 11.3 Å². The van der Waals surface area contributed by atoms with Crippen LogP contribution in [0.3, 0.4) is 0 Å². The maximum absolute atomic E-state index is 12.8. The quantitative estimate of drug-likeness (QED) is 0.691. The number of rotatable bonds is 4. The van der Waals surface area contributed by atoms with E-state index in [4.69, 9.17) is 0 Å². The van der Waals surface area contributed by atoms with Gasteiger partial charge in [0, 0.05) is 38.4 Å². The van der Waals surface area contributed by atoms with E-state index in [9.17, 15) is 4.79 Å². The SMILES string of the molecule is CN(C)C(=O)c1sc2ncccc2c1C1CCN(Cc2ccccn2)CC1. The highest BCUT2D eigenvalue weighted by Crippen LogP contribution is 2.40. The summed E-state index contributed by atoms with van der Waals surface area (Å²) in [4.78, 5) is 27.7. The van der Waals surface area contributed by atoms with Crippen LogP contribution in [0.15, 0.2) is 42.7 Å². The average molecular weight is 381 g/mol. The molecule has 0 bridgehead atoms. The van der Waals surface area contributed by atoms with Gasteiger partial charge in [-0.15, -0.1) is 11.3 Å². The second-order valence-electron chi connectivity index (χ2n) is 7.27. The highest BCUT2D eigenvalue weighted by atomic mass is 32.1. The number of fused-ring (bicyclic) bond motifs is 1. The summed E-state index contributed by atoms with van der Waals surface area (Å²) >= 11 is 1.53. The predicted octanol–water partition coefficient (Wildman–Crippen LogP) is 3.77. The van der Waals surface area contributed by atoms with E-state index in [0.717, 1.165) is 53.3 Å². The van der Waals surface area contributed by atoms with Crippen LogP contribution in [-0.4, -0.2) is 52.9 Å². The third-order valence-corrected chi connectivity index (χ3v) is 6.33. The number of aromatic nitrogens is 2. The normalized spacial score (nSPS) is 15.9. The Labute approximate surface area is 163 Å². The molecule has 1 saturated heterocycles. The molecule has 1 amide bonds. The van der Waals surface area contributed by atoms with Gasteiger partial charge in [-0.2, -0.15) is 0 Å². The maximum atomic E-state index is 12.8. The van der Waals surface area contributed by atoms with Gasteiger partial charge in [0.25, 0.3) is 5.91 Å². The highest BCUT2D eigenvalue weighted by Gasteiger charge is 2.29. The molecule has 0 aliphatic carbocycles. The third-order valence-electron chi connectivity index (χ3n) is 5.21. The van der Waals surface area contributed by atoms with Crippen molar-refractivity contribution in [2.45, 2.75) is 25.3 Å². The van der Waals surface area contributed by atoms with Crippen molar-refractivity contribution in [3.05, 3.63) is 58.9 Å². The fraction of sp³-hybridized carbons (Fsp3) is 0.381. The summed E-state index contributed by atoms with van der Waals surface area (Å²) in [5, 5.41) is 1.15. The molecule has 4 heterocycles. The topological polar surface area (TPSA) is 49.3 Å². The Morgan fingerprint density at radius 1 is 1.15 bits per heavy atom. The Kier molecular flexibility index (Phi) is 5.18. The van der Waals surface area contributed by atoms with Gasteiger partial charge in [-0.25, -0.2) is 4.98 Å². The van der Waals surface area contributed by atoms with Crippen LogP contribution in [0.4, 0.5) is 0 Å². The summed E-state index contributed by atoms with van der Waals surface area (Å²) in [7, 11) is 3.64. The Bertz CT molecular complexity index is 930. The average Bonchev–Trinajstić information content (AvgIpc) is 3.08. The molecule has 3 aromatic rings. The number of carbonyl (C=O) groups is 1. The summed E-state index contributed by atoms with van der Waals surface area (Å²) in [5.74, 6) is 0.491. The van der Waals surface area contributed by atoms with Crippen LogP contribution in [0, 0.1) is 0 Å². The number of pyridine rings is 2. The van der Waals surface area contributed by atoms with E-state index in [0.29, 0.717) is 5.92 Å². The van der Waals surface area contributed by atoms with E-state index >= 15 is 0 Å². The molecule has 0 atom stereocenters. The fourth-order valence-electron chi connectivity index (χ4n) is 3.82. The molecule has 0 aromatic carbocycles. The minimum atomic E-state index is 0.0870. The molecule has 4 rings (SSSR count). The number of nitrogens with zero attached hydrogens (tertiary/aromatic N) is 4. The number of amides is 1. The number of likely N-dealkylation sites (tertiary alicyclic amines) is 1. The molecule has 0 spiro atoms. The molecular formula is C21H24N4OS. The molecule has 6 heteroatoms. The fourth-order valence-corrected chi connectivity index (χ4v) is 5.07. The summed E-state index contributed by atoms with van der Waals surface area (Å²) in [6.45, 7) is 2.94. The summed E-state index contributed by atoms with van der Waals surface area (Å²) < 4.78 is 0. The molecule has 1 aliphatic heterocycles. The molecule has 3 aromatic heterocycles. The van der Waals surface area contributed by atoms with E-state index in [-0.39, 0.29) is 5.91 Å². The van der Waals surface area contributed by atoms with E-state index in [2.05, 4.69) is 27.0 Å². The van der Waals surface area contributed by atoms with E-state index in [1.54, 1.807) is 4.90 Å². The lowest BCUT2D eigenvalue weighted by Gasteiger charge is -2.32. The van der Waals surface area contributed by atoms with Gasteiger partial charge >= 0.3 is 0 Å². The first-order valence-corrected chi connectivity index (χ1v) is 10.2. The molecule has 0 radical (unpaired) electrons. The van der Waals surface area contributed by atoms with Crippen molar-refractivity contribution in [1.29, 1.82) is 0 Å². The van der Waals surface area contributed by atoms with Crippen LogP contribution in [0.2, 0.25) is 0 Å². The Balaban J connectivity index is 1.56. The van der Waals surface area contributed by atoms with Crippen molar-refractivity contribution < 1.29 is 4.79 Å². The van der Waals surface area contributed by atoms with Crippen LogP contribution in [-0.2, 0) is 6.54 Å². The van der Waals surface area contributed by atoms with Crippen LogP contribution in [0.1, 0.15) is 39.7 Å². The first-order valence-electron chi connectivity index (χ1n) is 9.35. The van der Waals surface area contributed by atoms with Crippen LogP contribution in [0.25, 0.3) is 10.2 Å². The third kappa shape index (κ3) is 3.73. The molecule has 5 nitrogen and oxygen atoms in total. The Morgan fingerprint density at radius 2 is 1.93 bits per heavy atom. The number of thiophene rings is 1. The second kappa shape index (κ2) is 7.74. The predicted molar refractivity (Wildman–Crippen MR) is 109 cm³/mol. The second-order valence-corrected chi connectivity index (χ2v) is 8.27. The lowest BCUT2D eigenvalue weighted by molar-refractivity contribution is 0.0830. The van der Waals surface area contributed by atoms with Gasteiger partial charge in [0.1, 0.15) is 4.83 Å². The molecule has 1 fully saturated rings. The zero-order valence-corrected chi connectivity index (χ0v) is 16.6. The van der Waals surface area contributed by atoms with Gasteiger partial charge in [0.15, 0.2) is 0 Å². The van der Waals surface area contributed by atoms with Crippen molar-refractivity contribution in [1.82, 2.24) is 19.8 Å². The largest absolute Gasteiger partial charge is 0.344 e. The lowest BCUT2D eigenvalue weighted by atomic mass is 9.87. The summed E-state index contributed by atoms with van der Waals surface area (Å²) in [6.07, 6.45) is 5.77. The highest BCUT2D eigenvalue weighted by molar-refractivity contribution is 7.20. The Morgan fingerprint density at radius 3 is 2.63 bits per heavy atom. The zero-order chi connectivity index (χ0) is 18.8. The van der Waals surface area contributed by atoms with E-state index in [1.165, 1.54) is 16.9 Å². The number of hydrogen-bond donors (Lipinski definition) is 0. The molecule has 0 saturated carbocycles. The number of hydrogen-bond acceptors (Lipinski definition) is 5. The molecule has 140 valence electrons. The van der Waals surface area contributed by atoms with Gasteiger partial charge in [-0.05, 0) is 55.6 Å². The smallest absolute Gasteiger partial charge is 0.263 e. The van der Waals surface area contributed by atoms with Gasteiger partial charge in [-0.3, -0.25) is 14.7 Å². The monoisotopic (exact) mass is 380 g/mol. The van der Waals surface area contributed by atoms with Crippen molar-refractivity contribution in [2.75, 3.05) is 27.2 Å². The number of piperidine rings is 1. The molecule has 0 unspecified atom stereocenters. The maximum Gasteiger partial charge on any atom is 0.263 e. The number of carbonyl (C=O) groups excluding carboxylic acids is 1. The van der Waals surface area contributed by atoms with Crippen LogP contribution < -0.4 is 0 Å². The standard InChI is InChI=1S/C21H24N4OS/c1-24(2)21(26)19-18(17-7-5-11-23-20(17)27-19)15-8-12-25(13-9-15)14-16-6-3-4-10-22-16/h3-7,10-11,15H,8-9,12-14H2,1-2H3. The van der Waals surface area contributed by atoms with Gasteiger partial charge in [0.2, 0.25) is 0 Å². The molecule has 0 N–H and O–H groups in total. The summed E-state index contributed by atoms with van der Waals surface area (Å²) in [5.41, 5.74) is 2.32. The van der Waals surface area contributed by atoms with Crippen molar-refractivity contribution in [3.63, 3.8) is 0 Å². The molecular weight excluding hydrogens is 356 g/mol. The molecule has 1 aliphatic rings. The minimum Gasteiger partial charge on any atom is -0.344 e. The van der Waals surface area contributed by atoms with E-state index < -0.39 is 0 Å². The van der Waals surface area contributed by atoms with Gasteiger partial charge in [0.05, 0.1) is 10.6 Å². The lowest BCUT2D eigenvalue weighted by Crippen LogP contribution is -2.33. The van der Waals surface area contributed by atoms with Gasteiger partial charge < -0.3 is 4.90 Å². The first-order chi connectivity index (χ1) is 13.1. The Hall–Kier alpha value is -2.31. The molecule has 27 heavy (non-hydrogen) atoms. The van der Waals surface area contributed by atoms with Crippen LogP contribution in [0.5, 0.6) is 0 Å². The van der Waals surface area contributed by atoms with E-state index in [1.807, 2.05) is 44.7 Å². The minimum absolute atomic E-state index is 0.0870. The zero-order valence-electron chi connectivity index (χ0n) is 15.8. The van der Waals surface area contributed by atoms with Crippen molar-refractivity contribution in [2.24, 2.45) is 0 Å². The van der Waals surface area contributed by atoms with Gasteiger partial charge in [-0.1, -0.05) is 12.1 Å². The van der Waals surface area contributed by atoms with Crippen molar-refractivity contribution in [3.8, 4) is 0 Å².